The van der Waals surface area contributed by atoms with Gasteiger partial charge in [-0.2, -0.15) is 0 Å². The number of para-hydroxylation sites is 1. The van der Waals surface area contributed by atoms with Gasteiger partial charge in [0.1, 0.15) is 23.9 Å². The lowest BCUT2D eigenvalue weighted by atomic mass is 10.0. The Bertz CT molecular complexity index is 1300. The number of hydrogen-bond donors (Lipinski definition) is 1. The van der Waals surface area contributed by atoms with E-state index in [1.807, 2.05) is 24.3 Å². The van der Waals surface area contributed by atoms with E-state index in [1.54, 1.807) is 60.6 Å². The van der Waals surface area contributed by atoms with Crippen molar-refractivity contribution in [2.75, 3.05) is 18.6 Å². The molecular weight excluding hydrogens is 456 g/mol. The third kappa shape index (κ3) is 5.68. The van der Waals surface area contributed by atoms with Gasteiger partial charge in [-0.1, -0.05) is 31.2 Å². The minimum Gasteiger partial charge on any atom is -0.497 e. The van der Waals surface area contributed by atoms with Gasteiger partial charge in [-0.3, -0.25) is 19.5 Å². The highest BCUT2D eigenvalue weighted by Crippen LogP contribution is 2.30. The van der Waals surface area contributed by atoms with E-state index in [2.05, 4.69) is 34.5 Å². The number of ether oxygens (including phenoxy) is 1. The molecular formula is C27H30N6O3. The minimum absolute atomic E-state index is 0.0899. The van der Waals surface area contributed by atoms with E-state index >= 15 is 0 Å². The van der Waals surface area contributed by atoms with Gasteiger partial charge in [0.05, 0.1) is 12.6 Å². The van der Waals surface area contributed by atoms with Gasteiger partial charge in [-0.15, -0.1) is 5.10 Å². The predicted molar refractivity (Wildman–Crippen MR) is 137 cm³/mol. The summed E-state index contributed by atoms with van der Waals surface area (Å²) in [7, 11) is 1.58. The number of carbonyl (C=O) groups excluding carboxylic acids is 2. The monoisotopic (exact) mass is 486 g/mol. The first-order valence-electron chi connectivity index (χ1n) is 11.9. The lowest BCUT2D eigenvalue weighted by Gasteiger charge is -2.31. The Morgan fingerprint density at radius 2 is 1.75 bits per heavy atom. The highest BCUT2D eigenvalue weighted by Gasteiger charge is 2.33. The van der Waals surface area contributed by atoms with Crippen LogP contribution in [-0.4, -0.2) is 45.4 Å². The predicted octanol–water partition coefficient (Wildman–Crippen LogP) is 3.77. The molecule has 1 atom stereocenters. The zero-order chi connectivity index (χ0) is 25.5. The zero-order valence-corrected chi connectivity index (χ0v) is 20.7. The normalized spacial score (nSPS) is 11.9. The SMILES string of the molecule is COc1ccc(N(C(=O)Cn2nnc3ccccc32)[C@@H](C(=O)NCCC(C)C)c2ccncc2)cc1. The largest absolute Gasteiger partial charge is 0.497 e. The molecule has 0 aliphatic carbocycles. The Morgan fingerprint density at radius 1 is 1.03 bits per heavy atom. The third-order valence-electron chi connectivity index (χ3n) is 5.87. The highest BCUT2D eigenvalue weighted by atomic mass is 16.5. The quantitative estimate of drug-likeness (QED) is 0.366. The number of hydrogen-bond acceptors (Lipinski definition) is 6. The average Bonchev–Trinajstić information content (AvgIpc) is 3.30. The average molecular weight is 487 g/mol. The Labute approximate surface area is 210 Å². The van der Waals surface area contributed by atoms with Gasteiger partial charge in [-0.05, 0) is 66.4 Å². The molecule has 0 saturated heterocycles. The summed E-state index contributed by atoms with van der Waals surface area (Å²) in [4.78, 5) is 33.1. The lowest BCUT2D eigenvalue weighted by Crippen LogP contribution is -2.45. The van der Waals surface area contributed by atoms with Crippen LogP contribution >= 0.6 is 0 Å². The van der Waals surface area contributed by atoms with Gasteiger partial charge in [0, 0.05) is 24.6 Å². The first-order valence-corrected chi connectivity index (χ1v) is 11.9. The van der Waals surface area contributed by atoms with Crippen molar-refractivity contribution >= 4 is 28.5 Å². The van der Waals surface area contributed by atoms with E-state index in [9.17, 15) is 9.59 Å². The zero-order valence-electron chi connectivity index (χ0n) is 20.7. The molecule has 4 aromatic rings. The standard InChI is InChI=1S/C27H30N6O3/c1-19(2)12-17-29-27(35)26(20-13-15-28-16-14-20)33(21-8-10-22(36-3)11-9-21)25(34)18-32-24-7-5-4-6-23(24)30-31-32/h4-11,13-16,19,26H,12,17-18H2,1-3H3,(H,29,35)/t26-/m1/s1. The van der Waals surface area contributed by atoms with Crippen LogP contribution in [0.15, 0.2) is 73.1 Å². The van der Waals surface area contributed by atoms with E-state index in [4.69, 9.17) is 4.74 Å². The molecule has 0 spiro atoms. The number of fused-ring (bicyclic) bond motifs is 1. The van der Waals surface area contributed by atoms with Crippen molar-refractivity contribution in [3.63, 3.8) is 0 Å². The van der Waals surface area contributed by atoms with E-state index in [-0.39, 0.29) is 18.4 Å². The highest BCUT2D eigenvalue weighted by molar-refractivity contribution is 6.01. The molecule has 0 aliphatic heterocycles. The summed E-state index contributed by atoms with van der Waals surface area (Å²) in [5, 5.41) is 11.3. The van der Waals surface area contributed by atoms with Crippen molar-refractivity contribution in [3.05, 3.63) is 78.6 Å². The number of methoxy groups -OCH3 is 1. The Kier molecular flexibility index (Phi) is 7.89. The first-order chi connectivity index (χ1) is 17.5. The molecule has 0 aliphatic rings. The Balaban J connectivity index is 1.74. The van der Waals surface area contributed by atoms with Crippen LogP contribution in [0.2, 0.25) is 0 Å². The molecule has 2 aromatic carbocycles. The number of carbonyl (C=O) groups is 2. The summed E-state index contributed by atoms with van der Waals surface area (Å²) in [6.45, 7) is 4.62. The van der Waals surface area contributed by atoms with Crippen molar-refractivity contribution in [1.82, 2.24) is 25.3 Å². The molecule has 0 saturated carbocycles. The summed E-state index contributed by atoms with van der Waals surface area (Å²) in [6, 6.07) is 17.1. The number of aromatic nitrogens is 4. The minimum atomic E-state index is -0.907. The van der Waals surface area contributed by atoms with E-state index in [1.165, 1.54) is 4.90 Å². The molecule has 36 heavy (non-hydrogen) atoms. The van der Waals surface area contributed by atoms with Crippen molar-refractivity contribution < 1.29 is 14.3 Å². The van der Waals surface area contributed by atoms with Crippen LogP contribution in [0.1, 0.15) is 31.9 Å². The second kappa shape index (κ2) is 11.4. The molecule has 2 amide bonds. The van der Waals surface area contributed by atoms with Crippen LogP contribution in [0.4, 0.5) is 5.69 Å². The maximum Gasteiger partial charge on any atom is 0.249 e. The van der Waals surface area contributed by atoms with Gasteiger partial charge < -0.3 is 10.1 Å². The van der Waals surface area contributed by atoms with Gasteiger partial charge in [0.2, 0.25) is 11.8 Å². The Hall–Kier alpha value is -4.27. The van der Waals surface area contributed by atoms with Crippen molar-refractivity contribution in [2.45, 2.75) is 32.9 Å². The van der Waals surface area contributed by atoms with Crippen LogP contribution in [0.3, 0.4) is 0 Å². The molecule has 0 unspecified atom stereocenters. The summed E-state index contributed by atoms with van der Waals surface area (Å²) < 4.78 is 6.85. The van der Waals surface area contributed by atoms with Crippen LogP contribution in [0, 0.1) is 5.92 Å². The molecule has 0 bridgehead atoms. The molecule has 0 radical (unpaired) electrons. The van der Waals surface area contributed by atoms with Crippen LogP contribution < -0.4 is 15.0 Å². The smallest absolute Gasteiger partial charge is 0.249 e. The Morgan fingerprint density at radius 3 is 2.44 bits per heavy atom. The van der Waals surface area contributed by atoms with Crippen molar-refractivity contribution in [1.29, 1.82) is 0 Å². The third-order valence-corrected chi connectivity index (χ3v) is 5.87. The number of pyridine rings is 1. The van der Waals surface area contributed by atoms with Gasteiger partial charge in [0.15, 0.2) is 0 Å². The van der Waals surface area contributed by atoms with Gasteiger partial charge in [0.25, 0.3) is 0 Å². The molecule has 0 fully saturated rings. The number of anilines is 1. The number of nitrogens with one attached hydrogen (secondary N) is 1. The molecule has 2 aromatic heterocycles. The van der Waals surface area contributed by atoms with E-state index in [0.717, 1.165) is 11.9 Å². The fourth-order valence-electron chi connectivity index (χ4n) is 3.96. The molecule has 1 N–H and O–H groups in total. The summed E-state index contributed by atoms with van der Waals surface area (Å²) >= 11 is 0. The maximum absolute atomic E-state index is 13.9. The van der Waals surface area contributed by atoms with Gasteiger partial charge in [-0.25, -0.2) is 4.68 Å². The lowest BCUT2D eigenvalue weighted by molar-refractivity contribution is -0.127. The molecule has 9 nitrogen and oxygen atoms in total. The fourth-order valence-corrected chi connectivity index (χ4v) is 3.96. The number of amides is 2. The summed E-state index contributed by atoms with van der Waals surface area (Å²) in [5.41, 5.74) is 2.64. The summed E-state index contributed by atoms with van der Waals surface area (Å²) in [5.74, 6) is 0.506. The topological polar surface area (TPSA) is 102 Å². The fraction of sp³-hybridized carbons (Fsp3) is 0.296. The van der Waals surface area contributed by atoms with E-state index < -0.39 is 6.04 Å². The van der Waals surface area contributed by atoms with Crippen LogP contribution in [0.5, 0.6) is 5.75 Å². The summed E-state index contributed by atoms with van der Waals surface area (Å²) in [6.07, 6.45) is 4.06. The van der Waals surface area contributed by atoms with Crippen LogP contribution in [-0.2, 0) is 16.1 Å². The molecule has 186 valence electrons. The van der Waals surface area contributed by atoms with E-state index in [0.29, 0.717) is 35.0 Å². The molecule has 2 heterocycles. The maximum atomic E-state index is 13.9. The second-order valence-electron chi connectivity index (χ2n) is 8.85. The van der Waals surface area contributed by atoms with Crippen molar-refractivity contribution in [2.24, 2.45) is 5.92 Å². The molecule has 9 heteroatoms. The number of nitrogens with zero attached hydrogens (tertiary/aromatic N) is 5. The van der Waals surface area contributed by atoms with Crippen LogP contribution in [0.25, 0.3) is 11.0 Å². The number of rotatable bonds is 10. The number of benzene rings is 2. The first kappa shape index (κ1) is 24.8. The molecule has 4 rings (SSSR count). The van der Waals surface area contributed by atoms with Crippen molar-refractivity contribution in [3.8, 4) is 5.75 Å². The second-order valence-corrected chi connectivity index (χ2v) is 8.85. The van der Waals surface area contributed by atoms with Gasteiger partial charge >= 0.3 is 0 Å².